The number of carbonyl (C=O) groups is 4. The molecule has 32 heavy (non-hydrogen) atoms. The van der Waals surface area contributed by atoms with Gasteiger partial charge in [0.2, 0.25) is 0 Å². The van der Waals surface area contributed by atoms with Crippen molar-refractivity contribution in [1.82, 2.24) is 10.0 Å². The summed E-state index contributed by atoms with van der Waals surface area (Å²) >= 11 is 6.18. The van der Waals surface area contributed by atoms with Gasteiger partial charge in [-0.15, -0.1) is 0 Å². The number of rotatable bonds is 5. The second-order valence-corrected chi connectivity index (χ2v) is 8.37. The molecule has 0 aromatic heterocycles. The van der Waals surface area contributed by atoms with Crippen LogP contribution < -0.4 is 0 Å². The van der Waals surface area contributed by atoms with Gasteiger partial charge >= 0.3 is 0 Å². The molecular formula is C24H20ClFN2O4. The molecule has 4 rings (SSSR count). The van der Waals surface area contributed by atoms with E-state index in [1.807, 2.05) is 13.0 Å². The zero-order chi connectivity index (χ0) is 23.0. The van der Waals surface area contributed by atoms with E-state index in [1.165, 1.54) is 24.3 Å². The summed E-state index contributed by atoms with van der Waals surface area (Å²) in [6, 6.07) is 11.0. The van der Waals surface area contributed by atoms with Crippen LogP contribution in [-0.4, -0.2) is 40.1 Å². The van der Waals surface area contributed by atoms with Gasteiger partial charge in [-0.2, -0.15) is 5.01 Å². The summed E-state index contributed by atoms with van der Waals surface area (Å²) < 4.78 is 13.3. The molecule has 0 bridgehead atoms. The number of allylic oxidation sites excluding steroid dienone is 2. The molecule has 3 amide bonds. The largest absolute Gasteiger partial charge is 0.292 e. The number of benzene rings is 2. The number of hydrogen-bond donors (Lipinski definition) is 0. The number of carbonyl (C=O) groups excluding carboxylic acids is 4. The Hall–Kier alpha value is -3.32. The molecule has 1 aliphatic carbocycles. The average Bonchev–Trinajstić information content (AvgIpc) is 3.01. The Balaban J connectivity index is 1.71. The summed E-state index contributed by atoms with van der Waals surface area (Å²) in [6.07, 6.45) is 2.74. The number of ketones is 1. The lowest BCUT2D eigenvalue weighted by Crippen LogP contribution is -2.52. The van der Waals surface area contributed by atoms with E-state index in [2.05, 4.69) is 0 Å². The Labute approximate surface area is 189 Å². The summed E-state index contributed by atoms with van der Waals surface area (Å²) in [5.74, 6) is -3.98. The van der Waals surface area contributed by atoms with Gasteiger partial charge < -0.3 is 0 Å². The smallest absolute Gasteiger partial charge is 0.274 e. The van der Waals surface area contributed by atoms with Gasteiger partial charge in [-0.05, 0) is 56.2 Å². The highest BCUT2D eigenvalue weighted by Crippen LogP contribution is 2.38. The van der Waals surface area contributed by atoms with Crippen molar-refractivity contribution in [2.45, 2.75) is 19.8 Å². The van der Waals surface area contributed by atoms with E-state index in [0.29, 0.717) is 12.8 Å². The van der Waals surface area contributed by atoms with E-state index < -0.39 is 47.7 Å². The Morgan fingerprint density at radius 3 is 2.41 bits per heavy atom. The third-order valence-corrected chi connectivity index (χ3v) is 6.17. The monoisotopic (exact) mass is 454 g/mol. The molecule has 2 aliphatic rings. The molecule has 0 unspecified atom stereocenters. The molecular weight excluding hydrogens is 435 g/mol. The number of hydrazine groups is 1. The zero-order valence-electron chi connectivity index (χ0n) is 17.3. The SMILES string of the molecule is CC1=CC[C@H]2C(=O)N(N(CC(=O)c3ccc(F)cc3)C(=O)c3ccccc3Cl)C(=O)[C@@H]2C1. The highest BCUT2D eigenvalue weighted by molar-refractivity contribution is 6.34. The summed E-state index contributed by atoms with van der Waals surface area (Å²) in [4.78, 5) is 52.7. The molecule has 2 aromatic rings. The quantitative estimate of drug-likeness (QED) is 0.388. The first kappa shape index (κ1) is 21.9. The molecule has 6 nitrogen and oxygen atoms in total. The van der Waals surface area contributed by atoms with Gasteiger partial charge in [0.1, 0.15) is 12.4 Å². The molecule has 1 heterocycles. The van der Waals surface area contributed by atoms with E-state index in [1.54, 1.807) is 12.1 Å². The second kappa shape index (κ2) is 8.67. The summed E-state index contributed by atoms with van der Waals surface area (Å²) in [7, 11) is 0. The van der Waals surface area contributed by atoms with Gasteiger partial charge in [0, 0.05) is 5.56 Å². The van der Waals surface area contributed by atoms with E-state index in [-0.39, 0.29) is 16.1 Å². The van der Waals surface area contributed by atoms with Crippen molar-refractivity contribution in [1.29, 1.82) is 0 Å². The molecule has 2 atom stereocenters. The van der Waals surface area contributed by atoms with Crippen molar-refractivity contribution in [3.8, 4) is 0 Å². The highest BCUT2D eigenvalue weighted by Gasteiger charge is 2.51. The topological polar surface area (TPSA) is 74.8 Å². The first-order chi connectivity index (χ1) is 15.3. The van der Waals surface area contributed by atoms with Crippen LogP contribution in [0.5, 0.6) is 0 Å². The van der Waals surface area contributed by atoms with Crippen molar-refractivity contribution in [3.63, 3.8) is 0 Å². The van der Waals surface area contributed by atoms with Gasteiger partial charge in [0.15, 0.2) is 5.78 Å². The third kappa shape index (κ3) is 3.96. The number of Topliss-reactive ketones (excluding diaryl/α,β-unsaturated/α-hetero) is 1. The fourth-order valence-corrected chi connectivity index (χ4v) is 4.34. The molecule has 164 valence electrons. The second-order valence-electron chi connectivity index (χ2n) is 7.96. The Bertz CT molecular complexity index is 1140. The Morgan fingerprint density at radius 1 is 1.06 bits per heavy atom. The van der Waals surface area contributed by atoms with Crippen LogP contribution in [-0.2, 0) is 9.59 Å². The van der Waals surface area contributed by atoms with E-state index in [9.17, 15) is 23.6 Å². The Kier molecular flexibility index (Phi) is 5.93. The first-order valence-electron chi connectivity index (χ1n) is 10.2. The minimum atomic E-state index is -0.740. The van der Waals surface area contributed by atoms with Crippen molar-refractivity contribution in [3.05, 3.63) is 82.1 Å². The van der Waals surface area contributed by atoms with Crippen LogP contribution in [0.1, 0.15) is 40.5 Å². The van der Waals surface area contributed by atoms with Crippen molar-refractivity contribution < 1.29 is 23.6 Å². The average molecular weight is 455 g/mol. The maximum Gasteiger partial charge on any atom is 0.274 e. The number of hydrogen-bond acceptors (Lipinski definition) is 4. The van der Waals surface area contributed by atoms with Crippen LogP contribution in [0.4, 0.5) is 4.39 Å². The van der Waals surface area contributed by atoms with Gasteiger partial charge in [-0.3, -0.25) is 19.2 Å². The number of imide groups is 1. The molecule has 1 aliphatic heterocycles. The zero-order valence-corrected chi connectivity index (χ0v) is 18.0. The third-order valence-electron chi connectivity index (χ3n) is 5.84. The molecule has 0 spiro atoms. The van der Waals surface area contributed by atoms with Crippen LogP contribution >= 0.6 is 11.6 Å². The lowest BCUT2D eigenvalue weighted by molar-refractivity contribution is -0.154. The molecule has 1 fully saturated rings. The first-order valence-corrected chi connectivity index (χ1v) is 10.5. The Morgan fingerprint density at radius 2 is 1.72 bits per heavy atom. The summed E-state index contributed by atoms with van der Waals surface area (Å²) in [5, 5.41) is 1.80. The molecule has 1 saturated heterocycles. The molecule has 0 radical (unpaired) electrons. The molecule has 0 saturated carbocycles. The van der Waals surface area contributed by atoms with Gasteiger partial charge in [0.05, 0.1) is 22.4 Å². The highest BCUT2D eigenvalue weighted by atomic mass is 35.5. The molecule has 0 N–H and O–H groups in total. The standard InChI is InChI=1S/C24H20ClFN2O4/c1-14-6-11-17-19(12-14)24(32)28(23(17)31)27(22(30)18-4-2-3-5-20(18)25)13-21(29)15-7-9-16(26)10-8-15/h2-10,17,19H,11-13H2,1H3/t17-,19-/m1/s1. The summed E-state index contributed by atoms with van der Waals surface area (Å²) in [6.45, 7) is 1.32. The lowest BCUT2D eigenvalue weighted by atomic mass is 9.82. The lowest BCUT2D eigenvalue weighted by Gasteiger charge is -2.30. The minimum absolute atomic E-state index is 0.0610. The van der Waals surface area contributed by atoms with Gasteiger partial charge in [0.25, 0.3) is 17.7 Å². The van der Waals surface area contributed by atoms with Crippen LogP contribution in [0.3, 0.4) is 0 Å². The van der Waals surface area contributed by atoms with E-state index in [0.717, 1.165) is 27.7 Å². The van der Waals surface area contributed by atoms with Crippen molar-refractivity contribution in [2.75, 3.05) is 6.54 Å². The van der Waals surface area contributed by atoms with Gasteiger partial charge in [-0.1, -0.05) is 35.4 Å². The van der Waals surface area contributed by atoms with Crippen molar-refractivity contribution in [2.24, 2.45) is 11.8 Å². The fourth-order valence-electron chi connectivity index (χ4n) is 4.13. The van der Waals surface area contributed by atoms with Crippen LogP contribution in [0, 0.1) is 17.7 Å². The van der Waals surface area contributed by atoms with Crippen molar-refractivity contribution >= 4 is 35.1 Å². The predicted octanol–water partition coefficient (Wildman–Crippen LogP) is 4.06. The van der Waals surface area contributed by atoms with Crippen LogP contribution in [0.15, 0.2) is 60.2 Å². The molecule has 8 heteroatoms. The maximum atomic E-state index is 13.4. The number of halogens is 2. The van der Waals surface area contributed by atoms with Gasteiger partial charge in [-0.25, -0.2) is 9.40 Å². The number of nitrogens with zero attached hydrogens (tertiary/aromatic N) is 2. The van der Waals surface area contributed by atoms with E-state index >= 15 is 0 Å². The molecule has 2 aromatic carbocycles. The predicted molar refractivity (Wildman–Crippen MR) is 115 cm³/mol. The van der Waals surface area contributed by atoms with Crippen LogP contribution in [0.2, 0.25) is 5.02 Å². The maximum absolute atomic E-state index is 13.4. The number of amides is 3. The number of fused-ring (bicyclic) bond motifs is 1. The van der Waals surface area contributed by atoms with E-state index in [4.69, 9.17) is 11.6 Å². The normalized spacial score (nSPS) is 20.1. The fraction of sp³-hybridized carbons (Fsp3) is 0.250. The summed E-state index contributed by atoms with van der Waals surface area (Å²) in [5.41, 5.74) is 1.21. The van der Waals surface area contributed by atoms with Crippen LogP contribution in [0.25, 0.3) is 0 Å². The minimum Gasteiger partial charge on any atom is -0.292 e.